The fourth-order valence-electron chi connectivity index (χ4n) is 2.03. The summed E-state index contributed by atoms with van der Waals surface area (Å²) in [6.07, 6.45) is 3.37. The van der Waals surface area contributed by atoms with Crippen LogP contribution in [0.1, 0.15) is 31.2 Å². The summed E-state index contributed by atoms with van der Waals surface area (Å²) in [6, 6.07) is 7.15. The lowest BCUT2D eigenvalue weighted by atomic mass is 9.75. The highest BCUT2D eigenvalue weighted by molar-refractivity contribution is 5.91. The van der Waals surface area contributed by atoms with Crippen molar-refractivity contribution in [1.82, 2.24) is 0 Å². The van der Waals surface area contributed by atoms with Crippen LogP contribution in [0.3, 0.4) is 0 Å². The highest BCUT2D eigenvalue weighted by Crippen LogP contribution is 2.32. The molecule has 4 N–H and O–H groups in total. The maximum Gasteiger partial charge on any atom is 0.226 e. The zero-order valence-electron chi connectivity index (χ0n) is 9.78. The predicted octanol–water partition coefficient (Wildman–Crippen LogP) is 1.39. The number of hydrogen-bond acceptors (Lipinski definition) is 3. The van der Waals surface area contributed by atoms with E-state index in [9.17, 15) is 4.79 Å². The molecule has 0 saturated heterocycles. The summed E-state index contributed by atoms with van der Waals surface area (Å²) >= 11 is 0. The minimum atomic E-state index is -0.283. The van der Waals surface area contributed by atoms with Gasteiger partial charge in [0, 0.05) is 17.6 Å². The highest BCUT2D eigenvalue weighted by atomic mass is 16.3. The standard InChI is InChI=1S/C13H18N2O2/c14-13(6-1-7-13)8-12(17)15-11-4-2-10(9-16)3-5-11/h2-5,16H,1,6-9,14H2,(H,15,17). The van der Waals surface area contributed by atoms with Gasteiger partial charge in [-0.2, -0.15) is 0 Å². The summed E-state index contributed by atoms with van der Waals surface area (Å²) in [5.41, 5.74) is 7.30. The molecule has 1 aromatic rings. The van der Waals surface area contributed by atoms with Gasteiger partial charge in [0.15, 0.2) is 0 Å². The number of aliphatic hydroxyl groups excluding tert-OH is 1. The molecule has 17 heavy (non-hydrogen) atoms. The zero-order chi connectivity index (χ0) is 12.3. The predicted molar refractivity (Wildman–Crippen MR) is 66.4 cm³/mol. The van der Waals surface area contributed by atoms with E-state index in [4.69, 9.17) is 10.8 Å². The van der Waals surface area contributed by atoms with Gasteiger partial charge in [-0.15, -0.1) is 0 Å². The molecule has 1 saturated carbocycles. The third kappa shape index (κ3) is 3.05. The largest absolute Gasteiger partial charge is 0.392 e. The fourth-order valence-corrected chi connectivity index (χ4v) is 2.03. The molecule has 1 aromatic carbocycles. The molecule has 0 spiro atoms. The van der Waals surface area contributed by atoms with Crippen LogP contribution in [0.4, 0.5) is 5.69 Å². The molecule has 0 bridgehead atoms. The van der Waals surface area contributed by atoms with E-state index >= 15 is 0 Å². The summed E-state index contributed by atoms with van der Waals surface area (Å²) in [5.74, 6) is -0.0380. The molecule has 0 atom stereocenters. The molecule has 4 nitrogen and oxygen atoms in total. The summed E-state index contributed by atoms with van der Waals surface area (Å²) < 4.78 is 0. The smallest absolute Gasteiger partial charge is 0.226 e. The molecule has 1 fully saturated rings. The number of carbonyl (C=O) groups excluding carboxylic acids is 1. The van der Waals surface area contributed by atoms with Crippen LogP contribution in [-0.4, -0.2) is 16.6 Å². The minimum Gasteiger partial charge on any atom is -0.392 e. The fraction of sp³-hybridized carbons (Fsp3) is 0.462. The average Bonchev–Trinajstić information content (AvgIpc) is 2.28. The zero-order valence-corrected chi connectivity index (χ0v) is 9.78. The molecule has 1 aliphatic carbocycles. The van der Waals surface area contributed by atoms with Crippen LogP contribution >= 0.6 is 0 Å². The molecule has 2 rings (SSSR count). The number of benzene rings is 1. The highest BCUT2D eigenvalue weighted by Gasteiger charge is 2.34. The molecule has 0 radical (unpaired) electrons. The second-order valence-corrected chi connectivity index (χ2v) is 4.80. The lowest BCUT2D eigenvalue weighted by Crippen LogP contribution is -2.48. The Kier molecular flexibility index (Phi) is 3.45. The van der Waals surface area contributed by atoms with Gasteiger partial charge in [0.1, 0.15) is 0 Å². The van der Waals surface area contributed by atoms with Gasteiger partial charge in [-0.05, 0) is 37.0 Å². The molecule has 1 amide bonds. The normalized spacial score (nSPS) is 17.3. The Hall–Kier alpha value is -1.39. The van der Waals surface area contributed by atoms with Crippen molar-refractivity contribution in [1.29, 1.82) is 0 Å². The Morgan fingerprint density at radius 2 is 2.00 bits per heavy atom. The Morgan fingerprint density at radius 1 is 1.35 bits per heavy atom. The van der Waals surface area contributed by atoms with E-state index in [0.717, 1.165) is 30.5 Å². The first-order valence-electron chi connectivity index (χ1n) is 5.90. The van der Waals surface area contributed by atoms with Crippen molar-refractivity contribution in [2.24, 2.45) is 5.73 Å². The number of rotatable bonds is 4. The van der Waals surface area contributed by atoms with Crippen molar-refractivity contribution in [2.45, 2.75) is 37.8 Å². The van der Waals surface area contributed by atoms with Gasteiger partial charge in [-0.3, -0.25) is 4.79 Å². The molecule has 4 heteroatoms. The van der Waals surface area contributed by atoms with Crippen LogP contribution < -0.4 is 11.1 Å². The molecule has 0 unspecified atom stereocenters. The van der Waals surface area contributed by atoms with Gasteiger partial charge in [0.25, 0.3) is 0 Å². The number of anilines is 1. The molecular weight excluding hydrogens is 216 g/mol. The summed E-state index contributed by atoms with van der Waals surface area (Å²) in [5, 5.41) is 11.7. The molecule has 0 aromatic heterocycles. The Balaban J connectivity index is 1.89. The Bertz CT molecular complexity index is 396. The minimum absolute atomic E-state index is 0.0140. The van der Waals surface area contributed by atoms with Gasteiger partial charge in [0.05, 0.1) is 6.61 Å². The maximum absolute atomic E-state index is 11.7. The van der Waals surface area contributed by atoms with Crippen molar-refractivity contribution >= 4 is 11.6 Å². The van der Waals surface area contributed by atoms with Crippen molar-refractivity contribution < 1.29 is 9.90 Å². The van der Waals surface area contributed by atoms with Gasteiger partial charge in [-0.25, -0.2) is 0 Å². The average molecular weight is 234 g/mol. The van der Waals surface area contributed by atoms with E-state index in [1.54, 1.807) is 24.3 Å². The van der Waals surface area contributed by atoms with Crippen LogP contribution in [0.15, 0.2) is 24.3 Å². The number of amides is 1. The van der Waals surface area contributed by atoms with Crippen LogP contribution in [0.2, 0.25) is 0 Å². The summed E-state index contributed by atoms with van der Waals surface area (Å²) in [7, 11) is 0. The summed E-state index contributed by atoms with van der Waals surface area (Å²) in [4.78, 5) is 11.7. The van der Waals surface area contributed by atoms with E-state index in [2.05, 4.69) is 5.32 Å². The van der Waals surface area contributed by atoms with Crippen LogP contribution in [-0.2, 0) is 11.4 Å². The molecule has 1 aliphatic rings. The van der Waals surface area contributed by atoms with Gasteiger partial charge in [-0.1, -0.05) is 12.1 Å². The van der Waals surface area contributed by atoms with E-state index in [1.165, 1.54) is 0 Å². The number of carbonyl (C=O) groups is 1. The van der Waals surface area contributed by atoms with E-state index in [-0.39, 0.29) is 18.1 Å². The number of nitrogens with one attached hydrogen (secondary N) is 1. The number of hydrogen-bond donors (Lipinski definition) is 3. The number of nitrogens with two attached hydrogens (primary N) is 1. The van der Waals surface area contributed by atoms with E-state index in [1.807, 2.05) is 0 Å². The van der Waals surface area contributed by atoms with Crippen molar-refractivity contribution in [3.8, 4) is 0 Å². The Morgan fingerprint density at radius 3 is 2.47 bits per heavy atom. The quantitative estimate of drug-likeness (QED) is 0.737. The lowest BCUT2D eigenvalue weighted by molar-refractivity contribution is -0.118. The second-order valence-electron chi connectivity index (χ2n) is 4.80. The van der Waals surface area contributed by atoms with Crippen LogP contribution in [0, 0.1) is 0 Å². The van der Waals surface area contributed by atoms with Gasteiger partial charge < -0.3 is 16.2 Å². The third-order valence-corrected chi connectivity index (χ3v) is 3.28. The SMILES string of the molecule is NC1(CC(=O)Nc2ccc(CO)cc2)CCC1. The van der Waals surface area contributed by atoms with Crippen LogP contribution in [0.25, 0.3) is 0 Å². The first kappa shape index (κ1) is 12.1. The first-order valence-corrected chi connectivity index (χ1v) is 5.90. The van der Waals surface area contributed by atoms with Crippen molar-refractivity contribution in [3.63, 3.8) is 0 Å². The lowest BCUT2D eigenvalue weighted by Gasteiger charge is -2.37. The van der Waals surface area contributed by atoms with E-state index in [0.29, 0.717) is 6.42 Å². The van der Waals surface area contributed by atoms with E-state index < -0.39 is 0 Å². The molecule has 0 aliphatic heterocycles. The first-order chi connectivity index (χ1) is 8.11. The van der Waals surface area contributed by atoms with Crippen molar-refractivity contribution in [2.75, 3.05) is 5.32 Å². The molecule has 0 heterocycles. The van der Waals surface area contributed by atoms with Gasteiger partial charge in [0.2, 0.25) is 5.91 Å². The topological polar surface area (TPSA) is 75.4 Å². The summed E-state index contributed by atoms with van der Waals surface area (Å²) in [6.45, 7) is 0.0140. The number of aliphatic hydroxyl groups is 1. The molecule has 92 valence electrons. The van der Waals surface area contributed by atoms with Crippen LogP contribution in [0.5, 0.6) is 0 Å². The second kappa shape index (κ2) is 4.85. The van der Waals surface area contributed by atoms with Gasteiger partial charge >= 0.3 is 0 Å². The Labute approximate surface area is 101 Å². The van der Waals surface area contributed by atoms with Crippen molar-refractivity contribution in [3.05, 3.63) is 29.8 Å². The third-order valence-electron chi connectivity index (χ3n) is 3.28. The molecular formula is C13H18N2O2. The monoisotopic (exact) mass is 234 g/mol. The maximum atomic E-state index is 11.7.